The Morgan fingerprint density at radius 1 is 1.05 bits per heavy atom. The van der Waals surface area contributed by atoms with E-state index in [9.17, 15) is 42.4 Å². The molecule has 15 heteroatoms. The molecule has 6 atom stereocenters. The Labute approximate surface area is 250 Å². The van der Waals surface area contributed by atoms with Gasteiger partial charge in [0.05, 0.1) is 40.7 Å². The van der Waals surface area contributed by atoms with Crippen molar-refractivity contribution >= 4 is 34.1 Å². The smallest absolute Gasteiger partial charge is 0.248 e. The molecule has 1 aromatic heterocycles. The van der Waals surface area contributed by atoms with Gasteiger partial charge in [-0.15, -0.1) is 5.10 Å². The second-order valence-electron chi connectivity index (χ2n) is 10.8. The lowest BCUT2D eigenvalue weighted by Crippen LogP contribution is -2.53. The Morgan fingerprint density at radius 2 is 1.69 bits per heavy atom. The van der Waals surface area contributed by atoms with E-state index in [-0.39, 0.29) is 39.9 Å². The van der Waals surface area contributed by atoms with Crippen LogP contribution in [0.1, 0.15) is 42.5 Å². The van der Waals surface area contributed by atoms with E-state index in [1.807, 2.05) is 0 Å². The first-order valence-corrected chi connectivity index (χ1v) is 15.5. The van der Waals surface area contributed by atoms with Gasteiger partial charge >= 0.3 is 0 Å². The highest BCUT2D eigenvalue weighted by molar-refractivity contribution is 8.18. The summed E-state index contributed by atoms with van der Waals surface area (Å²) in [6.45, 7) is -0.590. The van der Waals surface area contributed by atoms with Gasteiger partial charge in [0.1, 0.15) is 11.7 Å². The number of alkyl halides is 2. The summed E-state index contributed by atoms with van der Waals surface area (Å²) < 4.78 is 70.4. The molecule has 5 rings (SSSR count). The molecule has 3 aromatic rings. The topological polar surface area (TPSA) is 112 Å². The predicted octanol–water partition coefficient (Wildman–Crippen LogP) is 4.99. The molecule has 1 aliphatic carbocycles. The molecule has 42 heavy (non-hydrogen) atoms. The highest BCUT2D eigenvalue weighted by Crippen LogP contribution is 2.62. The molecule has 0 amide bonds. The zero-order chi connectivity index (χ0) is 30.6. The van der Waals surface area contributed by atoms with Crippen molar-refractivity contribution in [2.24, 2.45) is 0 Å². The molecular formula is C27H28Cl2F5N3O4S. The van der Waals surface area contributed by atoms with Crippen LogP contribution in [0.15, 0.2) is 36.5 Å². The van der Waals surface area contributed by atoms with E-state index in [2.05, 4.69) is 10.3 Å². The maximum atomic E-state index is 14.1. The molecule has 0 radical (unpaired) electrons. The lowest BCUT2D eigenvalue weighted by Gasteiger charge is -2.53. The molecule has 1 saturated carbocycles. The number of aromatic nitrogens is 3. The molecule has 2 fully saturated rings. The van der Waals surface area contributed by atoms with E-state index in [1.165, 1.54) is 12.3 Å². The van der Waals surface area contributed by atoms with Crippen LogP contribution in [0.3, 0.4) is 0 Å². The average molecular weight is 657 g/mol. The van der Waals surface area contributed by atoms with Crippen LogP contribution in [0.4, 0.5) is 22.0 Å². The van der Waals surface area contributed by atoms with E-state index in [4.69, 9.17) is 23.2 Å². The fraction of sp³-hybridized carbons (Fsp3) is 0.481. The van der Waals surface area contributed by atoms with Crippen LogP contribution in [0.25, 0.3) is 11.3 Å². The van der Waals surface area contributed by atoms with Crippen molar-refractivity contribution in [2.45, 2.75) is 66.0 Å². The van der Waals surface area contributed by atoms with Gasteiger partial charge in [-0.3, -0.25) is 0 Å². The summed E-state index contributed by atoms with van der Waals surface area (Å²) in [4.78, 5) is 0. The number of hydrogen-bond acceptors (Lipinski definition) is 6. The molecule has 1 aliphatic heterocycles. The number of benzene rings is 2. The third-order valence-corrected chi connectivity index (χ3v) is 12.6. The van der Waals surface area contributed by atoms with Crippen molar-refractivity contribution in [3.8, 4) is 11.3 Å². The minimum atomic E-state index is -2.96. The van der Waals surface area contributed by atoms with Gasteiger partial charge in [-0.1, -0.05) is 40.5 Å². The molecule has 7 nitrogen and oxygen atoms in total. The molecule has 2 heterocycles. The molecule has 1 unspecified atom stereocenters. The minimum absolute atomic E-state index is 0.0660. The minimum Gasteiger partial charge on any atom is -0.395 e. The molecular weight excluding hydrogens is 628 g/mol. The largest absolute Gasteiger partial charge is 0.395 e. The number of rotatable bonds is 6. The highest BCUT2D eigenvalue weighted by Gasteiger charge is 2.54. The standard InChI is InChI=1S/C27H28Cl2F5N3O4S/c28-15-3-1-2-14(21(15)29)25(26(41)4-6-27(33,34)7-5-26)42-12-19(39)23(24(40)20(42)11-38)37-10-18(35-36-37)13-8-16(30)22(32)17(31)9-13/h1-3,8-10,19-20,23-25,38-42H,4-7,11-12H2/t19-,20+,23-,24-,25+/m0/s1. The first-order chi connectivity index (χ1) is 19.8. The summed E-state index contributed by atoms with van der Waals surface area (Å²) in [7, 11) is -1.74. The molecule has 1 saturated heterocycles. The van der Waals surface area contributed by atoms with E-state index < -0.39 is 88.1 Å². The second kappa shape index (κ2) is 11.8. The van der Waals surface area contributed by atoms with Crippen LogP contribution in [0.2, 0.25) is 10.0 Å². The van der Waals surface area contributed by atoms with Gasteiger partial charge in [-0.2, -0.15) is 0 Å². The van der Waals surface area contributed by atoms with Crippen LogP contribution in [0.5, 0.6) is 0 Å². The Kier molecular flexibility index (Phi) is 8.85. The molecule has 2 aromatic carbocycles. The zero-order valence-electron chi connectivity index (χ0n) is 21.8. The maximum absolute atomic E-state index is 14.1. The van der Waals surface area contributed by atoms with E-state index in [1.54, 1.807) is 12.1 Å². The van der Waals surface area contributed by atoms with Crippen molar-refractivity contribution in [2.75, 3.05) is 12.4 Å². The maximum Gasteiger partial charge on any atom is 0.248 e. The van der Waals surface area contributed by atoms with Crippen LogP contribution in [0, 0.1) is 17.5 Å². The first kappa shape index (κ1) is 31.4. The van der Waals surface area contributed by atoms with Crippen molar-refractivity contribution in [1.82, 2.24) is 15.0 Å². The average Bonchev–Trinajstić information content (AvgIpc) is 3.41. The summed E-state index contributed by atoms with van der Waals surface area (Å²) >= 11 is 12.8. The summed E-state index contributed by atoms with van der Waals surface area (Å²) in [6, 6.07) is 5.00. The zero-order valence-corrected chi connectivity index (χ0v) is 24.2. The van der Waals surface area contributed by atoms with Crippen molar-refractivity contribution in [1.29, 1.82) is 0 Å². The molecule has 0 bridgehead atoms. The van der Waals surface area contributed by atoms with E-state index >= 15 is 0 Å². The Bertz CT molecular complexity index is 1430. The molecule has 4 N–H and O–H groups in total. The predicted molar refractivity (Wildman–Crippen MR) is 149 cm³/mol. The normalized spacial score (nSPS) is 28.9. The number of aliphatic hydroxyl groups is 4. The van der Waals surface area contributed by atoms with Crippen molar-refractivity contribution in [3.63, 3.8) is 0 Å². The van der Waals surface area contributed by atoms with Crippen molar-refractivity contribution < 1.29 is 42.4 Å². The monoisotopic (exact) mass is 655 g/mol. The summed E-state index contributed by atoms with van der Waals surface area (Å²) in [6.07, 6.45) is -3.31. The lowest BCUT2D eigenvalue weighted by molar-refractivity contribution is -0.104. The summed E-state index contributed by atoms with van der Waals surface area (Å²) in [5.41, 5.74) is -1.53. The van der Waals surface area contributed by atoms with E-state index in [0.29, 0.717) is 5.56 Å². The molecule has 2 aliphatic rings. The Morgan fingerprint density at radius 3 is 2.31 bits per heavy atom. The van der Waals surface area contributed by atoms with Crippen LogP contribution in [-0.4, -0.2) is 76.8 Å². The van der Waals surface area contributed by atoms with Crippen molar-refractivity contribution in [3.05, 3.63) is 69.6 Å². The highest BCUT2D eigenvalue weighted by atomic mass is 35.5. The quantitative estimate of drug-likeness (QED) is 0.145. The second-order valence-corrected chi connectivity index (χ2v) is 14.2. The summed E-state index contributed by atoms with van der Waals surface area (Å²) in [5.74, 6) is -7.55. The van der Waals surface area contributed by atoms with E-state index in [0.717, 1.165) is 16.8 Å². The third-order valence-electron chi connectivity index (χ3n) is 8.21. The third kappa shape index (κ3) is 5.76. The number of nitrogens with zero attached hydrogens (tertiary/aromatic N) is 3. The van der Waals surface area contributed by atoms with Crippen LogP contribution < -0.4 is 0 Å². The number of halogens is 7. The fourth-order valence-electron chi connectivity index (χ4n) is 6.04. The lowest BCUT2D eigenvalue weighted by atomic mass is 9.78. The van der Waals surface area contributed by atoms with Gasteiger partial charge in [0.2, 0.25) is 5.92 Å². The Balaban J connectivity index is 1.51. The molecule has 230 valence electrons. The number of hydrogen-bond donors (Lipinski definition) is 5. The number of aliphatic hydroxyl groups excluding tert-OH is 3. The van der Waals surface area contributed by atoms with Gasteiger partial charge < -0.3 is 20.4 Å². The SMILES string of the molecule is OC[C@@H]1[C@H](O)[C@@H](n2cc(-c3cc(F)c(F)c(F)c3)nn2)[C@@H](O)C[SH]1[C@H](c1cccc(Cl)c1Cl)C1(O)CCC(F)(F)CC1. The van der Waals surface area contributed by atoms with Gasteiger partial charge in [-0.05, 0) is 36.6 Å². The van der Waals surface area contributed by atoms with Crippen LogP contribution >= 0.6 is 34.1 Å². The van der Waals surface area contributed by atoms with Gasteiger partial charge in [0.15, 0.2) is 17.5 Å². The summed E-state index contributed by atoms with van der Waals surface area (Å²) in [5, 5.41) is 51.3. The molecule has 0 spiro atoms. The number of thiol groups is 1. The van der Waals surface area contributed by atoms with Gasteiger partial charge in [0.25, 0.3) is 0 Å². The van der Waals surface area contributed by atoms with Gasteiger partial charge in [-0.25, -0.2) is 37.5 Å². The van der Waals surface area contributed by atoms with Gasteiger partial charge in [0, 0.05) is 34.7 Å². The fourth-order valence-corrected chi connectivity index (χ4v) is 10.3. The Hall–Kier alpha value is -2.00. The first-order valence-electron chi connectivity index (χ1n) is 13.1. The van der Waals surface area contributed by atoms with Crippen LogP contribution in [-0.2, 0) is 0 Å².